The van der Waals surface area contributed by atoms with E-state index in [4.69, 9.17) is 9.47 Å². The van der Waals surface area contributed by atoms with E-state index >= 15 is 0 Å². The molecule has 0 radical (unpaired) electrons. The van der Waals surface area contributed by atoms with Crippen LogP contribution in [0.25, 0.3) is 0 Å². The van der Waals surface area contributed by atoms with Crippen LogP contribution >= 0.6 is 0 Å². The van der Waals surface area contributed by atoms with Gasteiger partial charge in [-0.1, -0.05) is 13.8 Å². The maximum Gasteiger partial charge on any atom is 0.315 e. The number of hydrogen-bond donors (Lipinski definition) is 2. The Labute approximate surface area is 120 Å². The number of carbonyl (C=O) groups is 1. The summed E-state index contributed by atoms with van der Waals surface area (Å²) in [5.74, 6) is 1.26. The number of amides is 2. The summed E-state index contributed by atoms with van der Waals surface area (Å²) in [6.07, 6.45) is 3.98. The van der Waals surface area contributed by atoms with E-state index in [2.05, 4.69) is 24.5 Å². The van der Waals surface area contributed by atoms with Crippen molar-refractivity contribution in [1.29, 1.82) is 0 Å². The molecular formula is C15H26N2O3. The Hall–Kier alpha value is -0.810. The molecule has 2 amide bonds. The Morgan fingerprint density at radius 2 is 2.15 bits per heavy atom. The highest BCUT2D eigenvalue weighted by Crippen LogP contribution is 2.51. The van der Waals surface area contributed by atoms with Crippen LogP contribution in [0.4, 0.5) is 4.79 Å². The van der Waals surface area contributed by atoms with Crippen molar-refractivity contribution in [2.75, 3.05) is 26.4 Å². The van der Waals surface area contributed by atoms with Gasteiger partial charge in [-0.25, -0.2) is 4.79 Å². The summed E-state index contributed by atoms with van der Waals surface area (Å²) in [4.78, 5) is 11.9. The highest BCUT2D eigenvalue weighted by molar-refractivity contribution is 5.74. The summed E-state index contributed by atoms with van der Waals surface area (Å²) in [6, 6.07) is 0.144. The Kier molecular flexibility index (Phi) is 3.91. The highest BCUT2D eigenvalue weighted by atomic mass is 16.5. The zero-order chi connectivity index (χ0) is 14.2. The van der Waals surface area contributed by atoms with Crippen LogP contribution in [0.15, 0.2) is 0 Å². The quantitative estimate of drug-likeness (QED) is 0.726. The van der Waals surface area contributed by atoms with Gasteiger partial charge in [-0.2, -0.15) is 0 Å². The van der Waals surface area contributed by atoms with E-state index < -0.39 is 0 Å². The average molecular weight is 282 g/mol. The predicted octanol–water partition coefficient (Wildman–Crippen LogP) is 1.53. The minimum atomic E-state index is -0.0801. The first-order chi connectivity index (χ1) is 9.59. The van der Waals surface area contributed by atoms with Gasteiger partial charge in [0, 0.05) is 37.1 Å². The Balaban J connectivity index is 1.33. The minimum Gasteiger partial charge on any atom is -0.379 e. The smallest absolute Gasteiger partial charge is 0.315 e. The van der Waals surface area contributed by atoms with Crippen molar-refractivity contribution in [3.63, 3.8) is 0 Å². The second-order valence-corrected chi connectivity index (χ2v) is 6.96. The van der Waals surface area contributed by atoms with Gasteiger partial charge in [0.15, 0.2) is 0 Å². The fraction of sp³-hybridized carbons (Fsp3) is 0.933. The maximum atomic E-state index is 11.9. The Bertz CT molecular complexity index is 368. The zero-order valence-corrected chi connectivity index (χ0v) is 12.5. The van der Waals surface area contributed by atoms with Crippen molar-refractivity contribution in [3.05, 3.63) is 0 Å². The lowest BCUT2D eigenvalue weighted by molar-refractivity contribution is -0.108. The van der Waals surface area contributed by atoms with Crippen LogP contribution in [0.3, 0.4) is 0 Å². The third-order valence-corrected chi connectivity index (χ3v) is 4.97. The molecule has 3 atom stereocenters. The molecule has 0 aromatic heterocycles. The van der Waals surface area contributed by atoms with Crippen LogP contribution in [0.5, 0.6) is 0 Å². The number of nitrogens with one attached hydrogen (secondary N) is 2. The highest BCUT2D eigenvalue weighted by Gasteiger charge is 2.59. The number of hydrogen-bond acceptors (Lipinski definition) is 3. The van der Waals surface area contributed by atoms with Gasteiger partial charge in [-0.15, -0.1) is 0 Å². The molecule has 1 heterocycles. The fourth-order valence-corrected chi connectivity index (χ4v) is 3.58. The standard InChI is InChI=1S/C15H26N2O3/c1-15(2)12(11-5-7-20-13(11)15)17-14(18)16-6-8-19-9-10-3-4-10/h10-13H,3-9H2,1-2H3,(H2,16,17,18)/t11-,12-,13-/m1/s1. The summed E-state index contributed by atoms with van der Waals surface area (Å²) >= 11 is 0. The summed E-state index contributed by atoms with van der Waals surface area (Å²) < 4.78 is 11.2. The van der Waals surface area contributed by atoms with E-state index in [0.717, 1.165) is 25.6 Å². The average Bonchev–Trinajstić information content (AvgIpc) is 3.11. The van der Waals surface area contributed by atoms with E-state index in [1.165, 1.54) is 12.8 Å². The lowest BCUT2D eigenvalue weighted by atomic mass is 9.57. The predicted molar refractivity (Wildman–Crippen MR) is 75.5 cm³/mol. The van der Waals surface area contributed by atoms with Crippen molar-refractivity contribution in [2.45, 2.75) is 45.3 Å². The van der Waals surface area contributed by atoms with Gasteiger partial charge >= 0.3 is 6.03 Å². The molecule has 0 aromatic carbocycles. The first kappa shape index (κ1) is 14.1. The lowest BCUT2D eigenvalue weighted by Gasteiger charge is -2.54. The molecule has 114 valence electrons. The molecule has 5 heteroatoms. The van der Waals surface area contributed by atoms with E-state index in [0.29, 0.717) is 25.2 Å². The van der Waals surface area contributed by atoms with Crippen molar-refractivity contribution in [2.24, 2.45) is 17.3 Å². The van der Waals surface area contributed by atoms with Crippen LogP contribution in [-0.2, 0) is 9.47 Å². The number of rotatable bonds is 6. The molecule has 0 aromatic rings. The summed E-state index contributed by atoms with van der Waals surface area (Å²) in [7, 11) is 0. The van der Waals surface area contributed by atoms with Gasteiger partial charge in [0.25, 0.3) is 0 Å². The van der Waals surface area contributed by atoms with Gasteiger partial charge < -0.3 is 20.1 Å². The van der Waals surface area contributed by atoms with Crippen molar-refractivity contribution in [1.82, 2.24) is 10.6 Å². The second kappa shape index (κ2) is 5.53. The molecular weight excluding hydrogens is 256 g/mol. The first-order valence-electron chi connectivity index (χ1n) is 7.83. The molecule has 3 rings (SSSR count). The zero-order valence-electron chi connectivity index (χ0n) is 12.5. The fourth-order valence-electron chi connectivity index (χ4n) is 3.58. The summed E-state index contributed by atoms with van der Waals surface area (Å²) in [5, 5.41) is 5.98. The molecule has 20 heavy (non-hydrogen) atoms. The Morgan fingerprint density at radius 3 is 2.90 bits per heavy atom. The van der Waals surface area contributed by atoms with Crippen LogP contribution in [0, 0.1) is 17.3 Å². The summed E-state index contributed by atoms with van der Waals surface area (Å²) in [5.41, 5.74) is 0.0426. The normalized spacial score (nSPS) is 34.2. The molecule has 2 N–H and O–H groups in total. The SMILES string of the molecule is CC1(C)[C@H](NC(=O)NCCOCC2CC2)[C@H]2CCO[C@H]21. The van der Waals surface area contributed by atoms with Crippen molar-refractivity contribution >= 4 is 6.03 Å². The van der Waals surface area contributed by atoms with E-state index in [9.17, 15) is 4.79 Å². The van der Waals surface area contributed by atoms with Crippen molar-refractivity contribution < 1.29 is 14.3 Å². The van der Waals surface area contributed by atoms with Gasteiger partial charge in [-0.3, -0.25) is 0 Å². The third-order valence-electron chi connectivity index (χ3n) is 4.97. The third kappa shape index (κ3) is 2.79. The topological polar surface area (TPSA) is 59.6 Å². The molecule has 0 unspecified atom stereocenters. The van der Waals surface area contributed by atoms with Crippen LogP contribution in [-0.4, -0.2) is 44.5 Å². The van der Waals surface area contributed by atoms with E-state index in [1.54, 1.807) is 0 Å². The molecule has 0 bridgehead atoms. The molecule has 3 fully saturated rings. The molecule has 1 saturated heterocycles. The number of urea groups is 1. The minimum absolute atomic E-state index is 0.0426. The van der Waals surface area contributed by atoms with E-state index in [1.807, 2.05) is 0 Å². The second-order valence-electron chi connectivity index (χ2n) is 6.96. The van der Waals surface area contributed by atoms with Gasteiger partial charge in [-0.05, 0) is 25.2 Å². The van der Waals surface area contributed by atoms with Gasteiger partial charge in [0.05, 0.1) is 12.7 Å². The largest absolute Gasteiger partial charge is 0.379 e. The molecule has 5 nitrogen and oxygen atoms in total. The first-order valence-corrected chi connectivity index (χ1v) is 7.83. The number of carbonyl (C=O) groups excluding carboxylic acids is 1. The molecule has 3 aliphatic rings. The molecule has 0 spiro atoms. The van der Waals surface area contributed by atoms with Crippen LogP contribution < -0.4 is 10.6 Å². The molecule has 2 aliphatic carbocycles. The van der Waals surface area contributed by atoms with Crippen LogP contribution in [0.1, 0.15) is 33.1 Å². The van der Waals surface area contributed by atoms with Crippen molar-refractivity contribution in [3.8, 4) is 0 Å². The monoisotopic (exact) mass is 282 g/mol. The number of ether oxygens (including phenoxy) is 2. The molecule has 1 aliphatic heterocycles. The number of fused-ring (bicyclic) bond motifs is 1. The van der Waals surface area contributed by atoms with Gasteiger partial charge in [0.1, 0.15) is 0 Å². The van der Waals surface area contributed by atoms with Crippen LogP contribution in [0.2, 0.25) is 0 Å². The summed E-state index contributed by atoms with van der Waals surface area (Å²) in [6.45, 7) is 7.20. The maximum absolute atomic E-state index is 11.9. The van der Waals surface area contributed by atoms with E-state index in [-0.39, 0.29) is 17.5 Å². The molecule has 2 saturated carbocycles. The van der Waals surface area contributed by atoms with Gasteiger partial charge in [0.2, 0.25) is 0 Å². The Morgan fingerprint density at radius 1 is 1.35 bits per heavy atom. The lowest BCUT2D eigenvalue weighted by Crippen LogP contribution is -2.67.